The molecule has 0 spiro atoms. The van der Waals surface area contributed by atoms with Gasteiger partial charge >= 0.3 is 0 Å². The van der Waals surface area contributed by atoms with E-state index in [0.717, 1.165) is 5.69 Å². The fraction of sp³-hybridized carbons (Fsp3) is 0.632. The maximum absolute atomic E-state index is 6.16. The summed E-state index contributed by atoms with van der Waals surface area (Å²) >= 11 is 17.6. The van der Waals surface area contributed by atoms with E-state index in [4.69, 9.17) is 59.1 Å². The molecule has 1 aromatic carbocycles. The van der Waals surface area contributed by atoms with Gasteiger partial charge in [-0.3, -0.25) is 0 Å². The number of ether oxygens (including phenoxy) is 5. The lowest BCUT2D eigenvalue weighted by Gasteiger charge is -2.30. The highest BCUT2D eigenvalue weighted by Gasteiger charge is 2.58. The molecule has 1 aromatic rings. The first-order valence-electron chi connectivity index (χ1n) is 9.38. The summed E-state index contributed by atoms with van der Waals surface area (Å²) in [6.45, 7) is 7.86. The van der Waals surface area contributed by atoms with Crippen LogP contribution in [-0.2, 0) is 23.7 Å². The average Bonchev–Trinajstić information content (AvgIpc) is 3.21. The Hall–Kier alpha value is -0.710. The summed E-state index contributed by atoms with van der Waals surface area (Å²) in [5.74, 6) is -1.42. The Balaban J connectivity index is 1.49. The van der Waals surface area contributed by atoms with Gasteiger partial charge in [0.2, 0.25) is 0 Å². The molecule has 160 valence electrons. The van der Waals surface area contributed by atoms with E-state index in [1.807, 2.05) is 27.7 Å². The third-order valence-electron chi connectivity index (χ3n) is 4.96. The molecule has 3 aliphatic heterocycles. The summed E-state index contributed by atoms with van der Waals surface area (Å²) in [5.41, 5.74) is 0.717. The highest BCUT2D eigenvalue weighted by Crippen LogP contribution is 2.40. The number of nitrogens with one attached hydrogen (secondary N) is 2. The molecule has 4 rings (SSSR count). The van der Waals surface area contributed by atoms with Crippen LogP contribution in [0.4, 0.5) is 5.69 Å². The van der Waals surface area contributed by atoms with Gasteiger partial charge in [0.1, 0.15) is 18.3 Å². The van der Waals surface area contributed by atoms with Gasteiger partial charge in [0, 0.05) is 5.69 Å². The van der Waals surface area contributed by atoms with Gasteiger partial charge in [0.15, 0.2) is 23.0 Å². The Morgan fingerprint density at radius 3 is 2.45 bits per heavy atom. The van der Waals surface area contributed by atoms with E-state index < -0.39 is 17.9 Å². The van der Waals surface area contributed by atoms with Crippen molar-refractivity contribution in [3.63, 3.8) is 0 Å². The number of hydrogen-bond donors (Lipinski definition) is 2. The Bertz CT molecular complexity index is 809. The molecule has 3 heterocycles. The second-order valence-corrected chi connectivity index (χ2v) is 9.41. The normalized spacial score (nSPS) is 34.8. The van der Waals surface area contributed by atoms with Crippen LogP contribution in [0, 0.1) is 0 Å². The Morgan fingerprint density at radius 2 is 1.79 bits per heavy atom. The first-order chi connectivity index (χ1) is 13.5. The van der Waals surface area contributed by atoms with E-state index in [9.17, 15) is 0 Å². The lowest BCUT2D eigenvalue weighted by atomic mass is 10.0. The number of thiocarbonyl (C=S) groups is 1. The lowest BCUT2D eigenvalue weighted by Crippen LogP contribution is -2.53. The highest BCUT2D eigenvalue weighted by molar-refractivity contribution is 7.80. The molecule has 0 saturated carbocycles. The van der Waals surface area contributed by atoms with Crippen LogP contribution >= 0.6 is 35.4 Å². The van der Waals surface area contributed by atoms with Gasteiger partial charge in [-0.25, -0.2) is 0 Å². The zero-order chi connectivity index (χ0) is 21.0. The number of fused-ring (bicyclic) bond motifs is 1. The summed E-state index contributed by atoms with van der Waals surface area (Å²) in [7, 11) is 0. The van der Waals surface area contributed by atoms with Crippen molar-refractivity contribution in [2.24, 2.45) is 0 Å². The summed E-state index contributed by atoms with van der Waals surface area (Å²) < 4.78 is 29.9. The van der Waals surface area contributed by atoms with Crippen LogP contribution in [0.2, 0.25) is 10.0 Å². The third kappa shape index (κ3) is 4.65. The van der Waals surface area contributed by atoms with Crippen molar-refractivity contribution in [1.82, 2.24) is 5.32 Å². The van der Waals surface area contributed by atoms with Crippen LogP contribution in [0.1, 0.15) is 27.7 Å². The van der Waals surface area contributed by atoms with Crippen molar-refractivity contribution in [1.29, 1.82) is 0 Å². The van der Waals surface area contributed by atoms with Crippen LogP contribution in [0.25, 0.3) is 0 Å². The van der Waals surface area contributed by atoms with Gasteiger partial charge in [0.05, 0.1) is 22.7 Å². The largest absolute Gasteiger partial charge is 0.354 e. The second kappa shape index (κ2) is 7.76. The topological polar surface area (TPSA) is 70.2 Å². The molecule has 3 aliphatic rings. The van der Waals surface area contributed by atoms with E-state index >= 15 is 0 Å². The fourth-order valence-corrected chi connectivity index (χ4v) is 4.34. The number of rotatable bonds is 3. The number of benzene rings is 1. The monoisotopic (exact) mass is 462 g/mol. The van der Waals surface area contributed by atoms with Crippen LogP contribution in [0.3, 0.4) is 0 Å². The molecule has 3 fully saturated rings. The van der Waals surface area contributed by atoms with E-state index in [1.54, 1.807) is 18.2 Å². The third-order valence-corrected chi connectivity index (χ3v) is 5.92. The predicted molar refractivity (Wildman–Crippen MR) is 113 cm³/mol. The first kappa shape index (κ1) is 21.5. The van der Waals surface area contributed by atoms with Crippen LogP contribution in [-0.4, -0.2) is 53.9 Å². The van der Waals surface area contributed by atoms with Gasteiger partial charge in [0.25, 0.3) is 0 Å². The van der Waals surface area contributed by atoms with E-state index in [1.165, 1.54) is 0 Å². The molecular weight excluding hydrogens is 439 g/mol. The van der Waals surface area contributed by atoms with Crippen LogP contribution in [0.15, 0.2) is 18.2 Å². The standard InChI is InChI=1S/C19H24Cl2N2O5S/c1-18(2)24-8-12(26-18)14-13(15-16(25-14)28-19(3,4)27-15)23-17(29)22-9-5-6-10(20)11(21)7-9/h5-7,12-16H,8H2,1-4H3,(H2,22,23,29)/t12?,13-,14-,15-,16-/m1/s1. The Morgan fingerprint density at radius 1 is 1.03 bits per heavy atom. The van der Waals surface area contributed by atoms with Gasteiger partial charge in [-0.05, 0) is 58.1 Å². The molecule has 29 heavy (non-hydrogen) atoms. The summed E-state index contributed by atoms with van der Waals surface area (Å²) in [5, 5.41) is 7.73. The van der Waals surface area contributed by atoms with Crippen LogP contribution in [0.5, 0.6) is 0 Å². The SMILES string of the molecule is CC1(C)OCC([C@H]2O[C@@H]3OC(C)(C)O[C@@H]3[C@@H]2NC(=S)Nc2ccc(Cl)c(Cl)c2)O1. The highest BCUT2D eigenvalue weighted by atomic mass is 35.5. The van der Waals surface area contributed by atoms with Crippen molar-refractivity contribution in [2.45, 2.75) is 69.9 Å². The predicted octanol–water partition coefficient (Wildman–Crippen LogP) is 3.68. The molecular formula is C19H24Cl2N2O5S. The zero-order valence-corrected chi connectivity index (χ0v) is 18.9. The van der Waals surface area contributed by atoms with Gasteiger partial charge in [-0.2, -0.15) is 0 Å². The number of halogens is 2. The summed E-state index contributed by atoms with van der Waals surface area (Å²) in [6.07, 6.45) is -1.52. The molecule has 0 bridgehead atoms. The molecule has 5 atom stereocenters. The quantitative estimate of drug-likeness (QED) is 0.659. The molecule has 0 radical (unpaired) electrons. The van der Waals surface area contributed by atoms with Gasteiger partial charge in [-0.15, -0.1) is 0 Å². The minimum Gasteiger partial charge on any atom is -0.354 e. The van der Waals surface area contributed by atoms with Crippen molar-refractivity contribution >= 4 is 46.2 Å². The van der Waals surface area contributed by atoms with Crippen molar-refractivity contribution in [3.8, 4) is 0 Å². The van der Waals surface area contributed by atoms with E-state index in [2.05, 4.69) is 10.6 Å². The average molecular weight is 463 g/mol. The number of hydrogen-bond acceptors (Lipinski definition) is 6. The van der Waals surface area contributed by atoms with Gasteiger partial charge in [-0.1, -0.05) is 23.2 Å². The smallest absolute Gasteiger partial charge is 0.189 e. The zero-order valence-electron chi connectivity index (χ0n) is 16.5. The van der Waals surface area contributed by atoms with Gasteiger partial charge < -0.3 is 34.3 Å². The molecule has 2 N–H and O–H groups in total. The molecule has 10 heteroatoms. The Labute approximate surface area is 185 Å². The second-order valence-electron chi connectivity index (χ2n) is 8.19. The minimum absolute atomic E-state index is 0.281. The molecule has 3 saturated heterocycles. The molecule has 7 nitrogen and oxygen atoms in total. The maximum Gasteiger partial charge on any atom is 0.189 e. The van der Waals surface area contributed by atoms with E-state index in [0.29, 0.717) is 21.8 Å². The van der Waals surface area contributed by atoms with Crippen LogP contribution < -0.4 is 10.6 Å². The maximum atomic E-state index is 6.16. The summed E-state index contributed by atoms with van der Waals surface area (Å²) in [4.78, 5) is 0. The van der Waals surface area contributed by atoms with E-state index in [-0.39, 0.29) is 24.4 Å². The fourth-order valence-electron chi connectivity index (χ4n) is 3.79. The van der Waals surface area contributed by atoms with Crippen molar-refractivity contribution in [2.75, 3.05) is 11.9 Å². The molecule has 1 unspecified atom stereocenters. The van der Waals surface area contributed by atoms with Crippen molar-refractivity contribution < 1.29 is 23.7 Å². The Kier molecular flexibility index (Phi) is 5.76. The summed E-state index contributed by atoms with van der Waals surface area (Å²) in [6, 6.07) is 4.90. The lowest BCUT2D eigenvalue weighted by molar-refractivity contribution is -0.223. The number of anilines is 1. The minimum atomic E-state index is -0.745. The first-order valence-corrected chi connectivity index (χ1v) is 10.5. The molecule has 0 aliphatic carbocycles. The molecule has 0 aromatic heterocycles. The molecule has 0 amide bonds. The van der Waals surface area contributed by atoms with Crippen molar-refractivity contribution in [3.05, 3.63) is 28.2 Å².